The molecule has 7 nitrogen and oxygen atoms in total. The lowest BCUT2D eigenvalue weighted by molar-refractivity contribution is -0.125. The normalized spacial score (nSPS) is 21.9. The number of rotatable bonds is 2. The standard InChI is InChI=1S/C17H23N5O2/c1-12-3-5-13(6-4-12)18-16(24)14-11-15(23)20-17(19-14)22-9-7-21(2)8-10-22/h3-6,14H,7-11H2,1-2H3,(H,18,24)(H,19,20,23). The van der Waals surface area contributed by atoms with Gasteiger partial charge >= 0.3 is 0 Å². The van der Waals surface area contributed by atoms with Crippen molar-refractivity contribution in [1.29, 1.82) is 0 Å². The van der Waals surface area contributed by atoms with Crippen molar-refractivity contribution in [3.05, 3.63) is 29.8 Å². The zero-order valence-corrected chi connectivity index (χ0v) is 14.1. The number of nitrogens with one attached hydrogen (secondary N) is 2. The molecule has 2 aliphatic rings. The summed E-state index contributed by atoms with van der Waals surface area (Å²) in [6.07, 6.45) is 0.0783. The van der Waals surface area contributed by atoms with Gasteiger partial charge in [0.05, 0.1) is 6.42 Å². The molecule has 2 N–H and O–H groups in total. The summed E-state index contributed by atoms with van der Waals surface area (Å²) in [6, 6.07) is 6.88. The molecule has 7 heteroatoms. The Morgan fingerprint density at radius 3 is 2.54 bits per heavy atom. The molecule has 0 aliphatic carbocycles. The molecule has 1 unspecified atom stereocenters. The molecule has 0 spiro atoms. The van der Waals surface area contributed by atoms with E-state index in [1.54, 1.807) is 0 Å². The van der Waals surface area contributed by atoms with E-state index in [1.807, 2.05) is 36.1 Å². The van der Waals surface area contributed by atoms with Crippen molar-refractivity contribution in [3.8, 4) is 0 Å². The maximum absolute atomic E-state index is 12.5. The van der Waals surface area contributed by atoms with Crippen LogP contribution in [0.5, 0.6) is 0 Å². The van der Waals surface area contributed by atoms with Gasteiger partial charge in [0, 0.05) is 31.9 Å². The average Bonchev–Trinajstić information content (AvgIpc) is 2.57. The largest absolute Gasteiger partial charge is 0.340 e. The van der Waals surface area contributed by atoms with Crippen LogP contribution < -0.4 is 10.6 Å². The van der Waals surface area contributed by atoms with Crippen molar-refractivity contribution in [1.82, 2.24) is 15.1 Å². The number of nitrogens with zero attached hydrogens (tertiary/aromatic N) is 3. The molecule has 2 aliphatic heterocycles. The molecule has 1 aromatic rings. The molecular formula is C17H23N5O2. The number of carbonyl (C=O) groups excluding carboxylic acids is 2. The molecule has 1 aromatic carbocycles. The van der Waals surface area contributed by atoms with Crippen molar-refractivity contribution in [2.75, 3.05) is 38.5 Å². The van der Waals surface area contributed by atoms with E-state index < -0.39 is 6.04 Å². The SMILES string of the molecule is Cc1ccc(NC(=O)C2CC(=O)NC(N3CCN(C)CC3)=N2)cc1. The number of hydrogen-bond donors (Lipinski definition) is 2. The number of amides is 2. The molecule has 0 saturated carbocycles. The maximum atomic E-state index is 12.5. The second-order valence-electron chi connectivity index (χ2n) is 6.37. The van der Waals surface area contributed by atoms with Gasteiger partial charge < -0.3 is 15.1 Å². The third-order valence-corrected chi connectivity index (χ3v) is 4.33. The van der Waals surface area contributed by atoms with Gasteiger partial charge in [0.15, 0.2) is 0 Å². The first-order chi connectivity index (χ1) is 11.5. The number of guanidine groups is 1. The molecule has 2 heterocycles. The van der Waals surface area contributed by atoms with Crippen LogP contribution in [0.15, 0.2) is 29.3 Å². The first-order valence-corrected chi connectivity index (χ1v) is 8.20. The highest BCUT2D eigenvalue weighted by atomic mass is 16.2. The molecule has 128 valence electrons. The number of carbonyl (C=O) groups is 2. The number of aliphatic imine (C=N–C) groups is 1. The molecule has 0 aromatic heterocycles. The Morgan fingerprint density at radius 2 is 1.88 bits per heavy atom. The zero-order valence-electron chi connectivity index (χ0n) is 14.1. The van der Waals surface area contributed by atoms with Gasteiger partial charge in [0.25, 0.3) is 0 Å². The summed E-state index contributed by atoms with van der Waals surface area (Å²) < 4.78 is 0. The van der Waals surface area contributed by atoms with E-state index in [1.165, 1.54) is 0 Å². The second kappa shape index (κ2) is 7.00. The minimum Gasteiger partial charge on any atom is -0.340 e. The third-order valence-electron chi connectivity index (χ3n) is 4.33. The van der Waals surface area contributed by atoms with Gasteiger partial charge in [-0.3, -0.25) is 14.9 Å². The van der Waals surface area contributed by atoms with Crippen LogP contribution in [0.2, 0.25) is 0 Å². The van der Waals surface area contributed by atoms with Crippen molar-refractivity contribution >= 4 is 23.5 Å². The van der Waals surface area contributed by atoms with E-state index in [0.717, 1.165) is 31.7 Å². The first-order valence-electron chi connectivity index (χ1n) is 8.20. The second-order valence-corrected chi connectivity index (χ2v) is 6.37. The number of benzene rings is 1. The molecule has 1 saturated heterocycles. The summed E-state index contributed by atoms with van der Waals surface area (Å²) in [6.45, 7) is 5.40. The Morgan fingerprint density at radius 1 is 1.21 bits per heavy atom. The Hall–Kier alpha value is -2.41. The van der Waals surface area contributed by atoms with Crippen LogP contribution in [0.4, 0.5) is 5.69 Å². The fraction of sp³-hybridized carbons (Fsp3) is 0.471. The van der Waals surface area contributed by atoms with E-state index in [2.05, 4.69) is 27.6 Å². The highest BCUT2D eigenvalue weighted by Gasteiger charge is 2.30. The summed E-state index contributed by atoms with van der Waals surface area (Å²) in [4.78, 5) is 33.2. The van der Waals surface area contributed by atoms with Crippen LogP contribution in [0.1, 0.15) is 12.0 Å². The van der Waals surface area contributed by atoms with E-state index in [0.29, 0.717) is 11.6 Å². The molecule has 1 atom stereocenters. The minimum atomic E-state index is -0.685. The van der Waals surface area contributed by atoms with Crippen molar-refractivity contribution in [2.24, 2.45) is 4.99 Å². The molecule has 1 fully saturated rings. The smallest absolute Gasteiger partial charge is 0.249 e. The molecule has 0 bridgehead atoms. The van der Waals surface area contributed by atoms with Gasteiger partial charge in [-0.05, 0) is 26.1 Å². The van der Waals surface area contributed by atoms with Crippen molar-refractivity contribution in [3.63, 3.8) is 0 Å². The van der Waals surface area contributed by atoms with Crippen LogP contribution in [0, 0.1) is 6.92 Å². The minimum absolute atomic E-state index is 0.0783. The van der Waals surface area contributed by atoms with E-state index in [9.17, 15) is 9.59 Å². The van der Waals surface area contributed by atoms with Gasteiger partial charge in [-0.2, -0.15) is 0 Å². The zero-order chi connectivity index (χ0) is 17.1. The van der Waals surface area contributed by atoms with Crippen LogP contribution in [-0.4, -0.2) is 66.8 Å². The summed E-state index contributed by atoms with van der Waals surface area (Å²) in [5.41, 5.74) is 1.84. The summed E-state index contributed by atoms with van der Waals surface area (Å²) in [5, 5.41) is 5.63. The van der Waals surface area contributed by atoms with Gasteiger partial charge in [-0.15, -0.1) is 0 Å². The van der Waals surface area contributed by atoms with Crippen LogP contribution >= 0.6 is 0 Å². The molecule has 24 heavy (non-hydrogen) atoms. The van der Waals surface area contributed by atoms with Gasteiger partial charge in [0.2, 0.25) is 17.8 Å². The summed E-state index contributed by atoms with van der Waals surface area (Å²) in [5.74, 6) is 0.103. The van der Waals surface area contributed by atoms with E-state index >= 15 is 0 Å². The number of likely N-dealkylation sites (N-methyl/N-ethyl adjacent to an activating group) is 1. The van der Waals surface area contributed by atoms with Crippen molar-refractivity contribution < 1.29 is 9.59 Å². The van der Waals surface area contributed by atoms with Crippen LogP contribution in [0.25, 0.3) is 0 Å². The monoisotopic (exact) mass is 329 g/mol. The fourth-order valence-electron chi connectivity index (χ4n) is 2.77. The van der Waals surface area contributed by atoms with Gasteiger partial charge in [0.1, 0.15) is 6.04 Å². The maximum Gasteiger partial charge on any atom is 0.249 e. The number of hydrogen-bond acceptors (Lipinski definition) is 5. The molecule has 2 amide bonds. The van der Waals surface area contributed by atoms with E-state index in [-0.39, 0.29) is 18.2 Å². The lowest BCUT2D eigenvalue weighted by atomic mass is 10.1. The molecule has 3 rings (SSSR count). The lowest BCUT2D eigenvalue weighted by Gasteiger charge is -2.36. The first kappa shape index (κ1) is 16.4. The fourth-order valence-corrected chi connectivity index (χ4v) is 2.77. The lowest BCUT2D eigenvalue weighted by Crippen LogP contribution is -2.55. The van der Waals surface area contributed by atoms with Crippen LogP contribution in [-0.2, 0) is 9.59 Å². The average molecular weight is 329 g/mol. The predicted octanol–water partition coefficient (Wildman–Crippen LogP) is 0.425. The number of anilines is 1. The van der Waals surface area contributed by atoms with Crippen LogP contribution in [0.3, 0.4) is 0 Å². The number of piperazine rings is 1. The Bertz CT molecular complexity index is 647. The summed E-state index contributed by atoms with van der Waals surface area (Å²) in [7, 11) is 2.07. The highest BCUT2D eigenvalue weighted by molar-refractivity contribution is 6.05. The molecule has 0 radical (unpaired) electrons. The summed E-state index contributed by atoms with van der Waals surface area (Å²) >= 11 is 0. The molecular weight excluding hydrogens is 306 g/mol. The van der Waals surface area contributed by atoms with E-state index in [4.69, 9.17) is 0 Å². The third kappa shape index (κ3) is 3.91. The number of aryl methyl sites for hydroxylation is 1. The predicted molar refractivity (Wildman–Crippen MR) is 92.9 cm³/mol. The topological polar surface area (TPSA) is 77.0 Å². The Balaban J connectivity index is 1.69. The van der Waals surface area contributed by atoms with Crippen molar-refractivity contribution in [2.45, 2.75) is 19.4 Å². The highest BCUT2D eigenvalue weighted by Crippen LogP contribution is 2.13. The van der Waals surface area contributed by atoms with Gasteiger partial charge in [-0.25, -0.2) is 4.99 Å². The quantitative estimate of drug-likeness (QED) is 0.825. The Labute approximate surface area is 141 Å². The van der Waals surface area contributed by atoms with Gasteiger partial charge in [-0.1, -0.05) is 17.7 Å². The Kier molecular flexibility index (Phi) is 4.80.